The first-order chi connectivity index (χ1) is 9.01. The van der Waals surface area contributed by atoms with Gasteiger partial charge in [-0.3, -0.25) is 14.7 Å². The zero-order chi connectivity index (χ0) is 14.0. The van der Waals surface area contributed by atoms with Crippen LogP contribution in [0.25, 0.3) is 5.69 Å². The minimum Gasteiger partial charge on any atom is -0.408 e. The molecule has 0 radical (unpaired) electrons. The van der Waals surface area contributed by atoms with Gasteiger partial charge in [-0.25, -0.2) is 9.07 Å². The van der Waals surface area contributed by atoms with Crippen LogP contribution in [-0.4, -0.2) is 15.7 Å². The van der Waals surface area contributed by atoms with Gasteiger partial charge in [0.1, 0.15) is 5.82 Å². The quantitative estimate of drug-likeness (QED) is 0.880. The van der Waals surface area contributed by atoms with Crippen LogP contribution >= 0.6 is 11.6 Å². The summed E-state index contributed by atoms with van der Waals surface area (Å²) in [5.41, 5.74) is -0.195. The van der Waals surface area contributed by atoms with Crippen molar-refractivity contribution in [3.63, 3.8) is 0 Å². The van der Waals surface area contributed by atoms with Gasteiger partial charge in [0.15, 0.2) is 0 Å². The minimum absolute atomic E-state index is 0.0113. The summed E-state index contributed by atoms with van der Waals surface area (Å²) in [6, 6.07) is 4.72. The van der Waals surface area contributed by atoms with Crippen LogP contribution in [0.3, 0.4) is 0 Å². The van der Waals surface area contributed by atoms with E-state index in [-0.39, 0.29) is 23.0 Å². The third kappa shape index (κ3) is 2.85. The number of hydrogen-bond acceptors (Lipinski definition) is 3. The molecule has 0 aliphatic heterocycles. The molecule has 1 aromatic carbocycles. The standard InChI is InChI=1S/C12H10ClFN2O3/c1-2-12(18)19-10-6-11(17)16(15-10)9-4-3-7(14)5-8(9)13/h3-6,15H,2H2,1H3. The molecule has 0 fully saturated rings. The molecule has 0 saturated carbocycles. The number of ether oxygens (including phenoxy) is 1. The number of rotatable bonds is 3. The van der Waals surface area contributed by atoms with E-state index in [4.69, 9.17) is 16.3 Å². The van der Waals surface area contributed by atoms with E-state index in [1.807, 2.05) is 0 Å². The first kappa shape index (κ1) is 13.4. The molecule has 0 bridgehead atoms. The van der Waals surface area contributed by atoms with Crippen LogP contribution in [0.15, 0.2) is 29.1 Å². The van der Waals surface area contributed by atoms with Crippen LogP contribution in [0.4, 0.5) is 4.39 Å². The zero-order valence-corrected chi connectivity index (χ0v) is 10.7. The van der Waals surface area contributed by atoms with E-state index in [1.165, 1.54) is 12.1 Å². The van der Waals surface area contributed by atoms with Gasteiger partial charge in [0.2, 0.25) is 5.88 Å². The summed E-state index contributed by atoms with van der Waals surface area (Å²) in [6.45, 7) is 1.63. The normalized spacial score (nSPS) is 10.5. The van der Waals surface area contributed by atoms with Gasteiger partial charge in [-0.05, 0) is 18.2 Å². The van der Waals surface area contributed by atoms with E-state index in [9.17, 15) is 14.0 Å². The average Bonchev–Trinajstić information content (AvgIpc) is 2.70. The average molecular weight is 285 g/mol. The van der Waals surface area contributed by atoms with E-state index >= 15 is 0 Å². The molecule has 0 atom stereocenters. The van der Waals surface area contributed by atoms with Crippen molar-refractivity contribution in [3.05, 3.63) is 45.5 Å². The van der Waals surface area contributed by atoms with Crippen LogP contribution in [0.1, 0.15) is 13.3 Å². The second kappa shape index (κ2) is 5.27. The molecule has 0 unspecified atom stereocenters. The van der Waals surface area contributed by atoms with E-state index in [0.717, 1.165) is 16.8 Å². The highest BCUT2D eigenvalue weighted by Crippen LogP contribution is 2.20. The Morgan fingerprint density at radius 2 is 2.21 bits per heavy atom. The van der Waals surface area contributed by atoms with Gasteiger partial charge in [0, 0.05) is 6.42 Å². The summed E-state index contributed by atoms with van der Waals surface area (Å²) in [6.07, 6.45) is 0.185. The number of hydrogen-bond donors (Lipinski definition) is 1. The molecule has 5 nitrogen and oxygen atoms in total. The number of esters is 1. The first-order valence-corrected chi connectivity index (χ1v) is 5.87. The number of benzene rings is 1. The van der Waals surface area contributed by atoms with E-state index in [0.29, 0.717) is 0 Å². The van der Waals surface area contributed by atoms with Crippen molar-refractivity contribution in [1.82, 2.24) is 9.78 Å². The first-order valence-electron chi connectivity index (χ1n) is 5.49. The maximum absolute atomic E-state index is 12.9. The lowest BCUT2D eigenvalue weighted by molar-refractivity contribution is -0.134. The van der Waals surface area contributed by atoms with Gasteiger partial charge >= 0.3 is 5.97 Å². The van der Waals surface area contributed by atoms with Crippen LogP contribution < -0.4 is 10.3 Å². The highest BCUT2D eigenvalue weighted by molar-refractivity contribution is 6.32. The maximum atomic E-state index is 12.9. The Kier molecular flexibility index (Phi) is 3.71. The summed E-state index contributed by atoms with van der Waals surface area (Å²) in [4.78, 5) is 22.9. The topological polar surface area (TPSA) is 64.1 Å². The molecule has 100 valence electrons. The van der Waals surface area contributed by atoms with Gasteiger partial charge in [-0.1, -0.05) is 18.5 Å². The smallest absolute Gasteiger partial charge is 0.312 e. The molecule has 1 heterocycles. The van der Waals surface area contributed by atoms with Crippen LogP contribution in [-0.2, 0) is 4.79 Å². The monoisotopic (exact) mass is 284 g/mol. The molecule has 0 amide bonds. The molecule has 19 heavy (non-hydrogen) atoms. The second-order valence-corrected chi connectivity index (χ2v) is 4.12. The Morgan fingerprint density at radius 3 is 2.84 bits per heavy atom. The Morgan fingerprint density at radius 1 is 1.47 bits per heavy atom. The predicted octanol–water partition coefficient (Wildman–Crippen LogP) is 2.27. The number of aromatic nitrogens is 2. The number of halogens is 2. The van der Waals surface area contributed by atoms with Crippen molar-refractivity contribution in [3.8, 4) is 11.6 Å². The molecule has 2 aromatic rings. The Hall–Kier alpha value is -2.08. The largest absolute Gasteiger partial charge is 0.408 e. The summed E-state index contributed by atoms with van der Waals surface area (Å²) in [5, 5.41) is 2.64. The molecule has 1 N–H and O–H groups in total. The van der Waals surface area contributed by atoms with Crippen molar-refractivity contribution >= 4 is 17.6 Å². The Bertz CT molecular complexity index is 678. The highest BCUT2D eigenvalue weighted by atomic mass is 35.5. The summed E-state index contributed by atoms with van der Waals surface area (Å²) >= 11 is 5.85. The molecule has 0 aliphatic carbocycles. The lowest BCUT2D eigenvalue weighted by atomic mass is 10.3. The van der Waals surface area contributed by atoms with Crippen molar-refractivity contribution in [2.75, 3.05) is 0 Å². The zero-order valence-electron chi connectivity index (χ0n) is 9.94. The fourth-order valence-electron chi connectivity index (χ4n) is 1.46. The molecular formula is C12H10ClFN2O3. The van der Waals surface area contributed by atoms with Crippen LogP contribution in [0, 0.1) is 5.82 Å². The third-order valence-electron chi connectivity index (χ3n) is 2.36. The van der Waals surface area contributed by atoms with Crippen molar-refractivity contribution in [2.24, 2.45) is 0 Å². The molecule has 0 aliphatic rings. The van der Waals surface area contributed by atoms with Gasteiger partial charge in [-0.15, -0.1) is 0 Å². The van der Waals surface area contributed by atoms with Gasteiger partial charge in [0.05, 0.1) is 16.8 Å². The molecule has 2 rings (SSSR count). The van der Waals surface area contributed by atoms with Gasteiger partial charge < -0.3 is 4.74 Å². The molecular weight excluding hydrogens is 275 g/mol. The maximum Gasteiger partial charge on any atom is 0.312 e. The Balaban J connectivity index is 2.40. The van der Waals surface area contributed by atoms with E-state index < -0.39 is 17.3 Å². The number of carbonyl (C=O) groups is 1. The SMILES string of the molecule is CCC(=O)Oc1cc(=O)n(-c2ccc(F)cc2Cl)[nH]1. The molecule has 1 aromatic heterocycles. The fraction of sp³-hybridized carbons (Fsp3) is 0.167. The van der Waals surface area contributed by atoms with E-state index in [1.54, 1.807) is 6.92 Å². The number of carbonyl (C=O) groups excluding carboxylic acids is 1. The number of H-pyrrole nitrogens is 1. The lowest BCUT2D eigenvalue weighted by Gasteiger charge is -2.04. The minimum atomic E-state index is -0.508. The van der Waals surface area contributed by atoms with Gasteiger partial charge in [0.25, 0.3) is 5.56 Å². The van der Waals surface area contributed by atoms with Gasteiger partial charge in [-0.2, -0.15) is 0 Å². The van der Waals surface area contributed by atoms with E-state index in [2.05, 4.69) is 5.10 Å². The number of nitrogens with zero attached hydrogens (tertiary/aromatic N) is 1. The molecule has 7 heteroatoms. The summed E-state index contributed by atoms with van der Waals surface area (Å²) in [5.74, 6) is -0.971. The van der Waals surface area contributed by atoms with Crippen molar-refractivity contribution in [1.29, 1.82) is 0 Å². The van der Waals surface area contributed by atoms with Crippen LogP contribution in [0.2, 0.25) is 5.02 Å². The predicted molar refractivity (Wildman–Crippen MR) is 67.3 cm³/mol. The highest BCUT2D eigenvalue weighted by Gasteiger charge is 2.11. The van der Waals surface area contributed by atoms with Crippen LogP contribution in [0.5, 0.6) is 5.88 Å². The van der Waals surface area contributed by atoms with Crippen molar-refractivity contribution in [2.45, 2.75) is 13.3 Å². The summed E-state index contributed by atoms with van der Waals surface area (Å²) < 4.78 is 18.9. The number of aromatic amines is 1. The summed E-state index contributed by atoms with van der Waals surface area (Å²) in [7, 11) is 0. The molecule has 0 saturated heterocycles. The molecule has 0 spiro atoms. The third-order valence-corrected chi connectivity index (χ3v) is 2.66. The Labute approximate surface area is 112 Å². The second-order valence-electron chi connectivity index (χ2n) is 3.72. The lowest BCUT2D eigenvalue weighted by Crippen LogP contribution is -2.14. The fourth-order valence-corrected chi connectivity index (χ4v) is 1.71. The number of nitrogens with one attached hydrogen (secondary N) is 1. The van der Waals surface area contributed by atoms with Crippen molar-refractivity contribution < 1.29 is 13.9 Å².